The van der Waals surface area contributed by atoms with Crippen LogP contribution < -0.4 is 5.19 Å². The molecular formula is C58H46IrN6O2Si-2. The van der Waals surface area contributed by atoms with E-state index in [0.717, 1.165) is 100 Å². The summed E-state index contributed by atoms with van der Waals surface area (Å²) in [5.74, 6) is 0.731. The summed E-state index contributed by atoms with van der Waals surface area (Å²) in [6.07, 6.45) is 5.66. The maximum absolute atomic E-state index is 6.34. The van der Waals surface area contributed by atoms with Gasteiger partial charge < -0.3 is 18.4 Å². The summed E-state index contributed by atoms with van der Waals surface area (Å²) in [7, 11) is -1.63. The second-order valence-electron chi connectivity index (χ2n) is 18.2. The SMILES string of the molecule is C[Si](C)(C)c1cnc(-c2[c-]cccc2)cc1-c1cccc2c1oc1ccccc12.Cc1cc2nc(-c3[c-]cnc4c3oc3nc(C)ccc34)n(-c3c(C)cc(-c4ccccc4)cc3C)c2cn1.[Ir]. The van der Waals surface area contributed by atoms with E-state index < -0.39 is 8.07 Å². The minimum atomic E-state index is -1.63. The molecule has 1 radical (unpaired) electrons. The van der Waals surface area contributed by atoms with Gasteiger partial charge in [0.05, 0.1) is 41.8 Å². The molecule has 7 heterocycles. The Morgan fingerprint density at radius 1 is 0.588 bits per heavy atom. The van der Waals surface area contributed by atoms with Crippen molar-refractivity contribution in [3.8, 4) is 50.6 Å². The van der Waals surface area contributed by atoms with Crippen molar-refractivity contribution in [3.63, 3.8) is 0 Å². The summed E-state index contributed by atoms with van der Waals surface area (Å²) in [6.45, 7) is 15.3. The van der Waals surface area contributed by atoms with E-state index in [1.165, 1.54) is 21.9 Å². The third-order valence-corrected chi connectivity index (χ3v) is 14.4. The number of nitrogens with zero attached hydrogens (tertiary/aromatic N) is 6. The topological polar surface area (TPSA) is 95.7 Å². The van der Waals surface area contributed by atoms with Gasteiger partial charge in [-0.2, -0.15) is 0 Å². The fourth-order valence-corrected chi connectivity index (χ4v) is 10.7. The minimum absolute atomic E-state index is 0. The van der Waals surface area contributed by atoms with Gasteiger partial charge in [-0.1, -0.05) is 92.4 Å². The van der Waals surface area contributed by atoms with Gasteiger partial charge in [0, 0.05) is 65.5 Å². The smallest absolute Gasteiger partial charge is 0.215 e. The van der Waals surface area contributed by atoms with Gasteiger partial charge in [0.15, 0.2) is 0 Å². The van der Waals surface area contributed by atoms with Crippen LogP contribution in [0.25, 0.3) is 106 Å². The molecule has 5 aromatic carbocycles. The molecule has 0 atom stereocenters. The molecule has 0 N–H and O–H groups in total. The quantitative estimate of drug-likeness (QED) is 0.121. The Morgan fingerprint density at radius 2 is 1.35 bits per heavy atom. The number of benzene rings is 5. The molecule has 8 nitrogen and oxygen atoms in total. The first-order chi connectivity index (χ1) is 32.5. The summed E-state index contributed by atoms with van der Waals surface area (Å²) in [4.78, 5) is 23.7. The van der Waals surface area contributed by atoms with Crippen LogP contribution in [-0.2, 0) is 20.1 Å². The number of para-hydroxylation sites is 2. The molecule has 0 unspecified atom stereocenters. The minimum Gasteiger partial charge on any atom is -0.499 e. The Bertz CT molecular complexity index is 3830. The molecule has 0 fully saturated rings. The Morgan fingerprint density at radius 3 is 2.13 bits per heavy atom. The Labute approximate surface area is 409 Å². The fourth-order valence-electron chi connectivity index (χ4n) is 9.26. The van der Waals surface area contributed by atoms with Gasteiger partial charge in [0.2, 0.25) is 5.71 Å². The second-order valence-corrected chi connectivity index (χ2v) is 23.2. The van der Waals surface area contributed by atoms with Gasteiger partial charge in [0.1, 0.15) is 11.2 Å². The number of furan rings is 2. The average molecular weight is 1080 g/mol. The van der Waals surface area contributed by atoms with Crippen LogP contribution >= 0.6 is 0 Å². The molecule has 0 spiro atoms. The second kappa shape index (κ2) is 17.7. The first kappa shape index (κ1) is 44.5. The molecule has 0 aliphatic heterocycles. The Balaban J connectivity index is 0.000000162. The monoisotopic (exact) mass is 1080 g/mol. The largest absolute Gasteiger partial charge is 0.499 e. The molecule has 68 heavy (non-hydrogen) atoms. The molecule has 7 aromatic heterocycles. The number of fused-ring (bicyclic) bond motifs is 7. The third-order valence-electron chi connectivity index (χ3n) is 12.4. The van der Waals surface area contributed by atoms with Crippen molar-refractivity contribution in [1.29, 1.82) is 0 Å². The normalized spacial score (nSPS) is 11.6. The number of hydrogen-bond acceptors (Lipinski definition) is 7. The molecule has 0 bridgehead atoms. The van der Waals surface area contributed by atoms with E-state index in [2.05, 4.69) is 150 Å². The van der Waals surface area contributed by atoms with Crippen molar-refractivity contribution >= 4 is 68.4 Å². The standard InChI is InChI=1S/C32H24N5O.C26H22NOSi.Ir/c1-18-14-23(22-8-6-5-7-9-22)15-19(2)29(18)37-27-17-34-21(4)16-26(27)36-31(37)25-12-13-33-28-24-11-10-20(3)35-32(24)38-30(25)28;1-29(2,3)25-17-27-23(18-10-5-4-6-11-18)16-22(25)21-14-9-13-20-19-12-7-8-15-24(19)28-26(20)21;/h5-11,13-17H,1-4H3;4-10,12-17H,1-3H3;/q2*-1;. The first-order valence-corrected chi connectivity index (χ1v) is 26.0. The molecule has 335 valence electrons. The predicted molar refractivity (Wildman–Crippen MR) is 275 cm³/mol. The summed E-state index contributed by atoms with van der Waals surface area (Å²) in [5, 5.41) is 4.53. The van der Waals surface area contributed by atoms with E-state index in [9.17, 15) is 0 Å². The van der Waals surface area contributed by atoms with Crippen molar-refractivity contribution in [2.24, 2.45) is 0 Å². The average Bonchev–Trinajstić information content (AvgIpc) is 4.02. The van der Waals surface area contributed by atoms with Crippen LogP contribution in [0.1, 0.15) is 22.5 Å². The van der Waals surface area contributed by atoms with Gasteiger partial charge in [-0.05, 0) is 109 Å². The molecule has 0 aliphatic carbocycles. The van der Waals surface area contributed by atoms with Crippen molar-refractivity contribution in [1.82, 2.24) is 29.5 Å². The van der Waals surface area contributed by atoms with Crippen LogP contribution in [0.5, 0.6) is 0 Å². The number of imidazole rings is 1. The van der Waals surface area contributed by atoms with Crippen LogP contribution in [0.2, 0.25) is 19.6 Å². The molecule has 12 aromatic rings. The fraction of sp³-hybridized carbons (Fsp3) is 0.121. The van der Waals surface area contributed by atoms with Crippen molar-refractivity contribution in [2.75, 3.05) is 0 Å². The van der Waals surface area contributed by atoms with Crippen molar-refractivity contribution in [2.45, 2.75) is 47.3 Å². The van der Waals surface area contributed by atoms with Crippen LogP contribution in [0.3, 0.4) is 0 Å². The van der Waals surface area contributed by atoms with Crippen LogP contribution in [0.4, 0.5) is 0 Å². The number of hydrogen-bond donors (Lipinski definition) is 0. The van der Waals surface area contributed by atoms with E-state index in [4.69, 9.17) is 18.8 Å². The molecule has 12 rings (SSSR count). The van der Waals surface area contributed by atoms with E-state index in [1.54, 1.807) is 6.20 Å². The summed E-state index contributed by atoms with van der Waals surface area (Å²) < 4.78 is 14.8. The summed E-state index contributed by atoms with van der Waals surface area (Å²) >= 11 is 0. The zero-order valence-electron chi connectivity index (χ0n) is 38.8. The number of aryl methyl sites for hydroxylation is 4. The number of pyridine rings is 4. The van der Waals surface area contributed by atoms with Gasteiger partial charge in [-0.25, -0.2) is 4.98 Å². The molecule has 0 aliphatic rings. The number of rotatable bonds is 6. The van der Waals surface area contributed by atoms with Gasteiger partial charge in [-0.15, -0.1) is 47.5 Å². The maximum Gasteiger partial charge on any atom is 0.215 e. The third kappa shape index (κ3) is 7.94. The maximum atomic E-state index is 6.34. The van der Waals surface area contributed by atoms with E-state index in [1.807, 2.05) is 74.6 Å². The number of aromatic nitrogens is 6. The molecular weight excluding hydrogens is 1030 g/mol. The van der Waals surface area contributed by atoms with Crippen molar-refractivity contribution < 1.29 is 28.9 Å². The molecule has 0 saturated carbocycles. The molecule has 0 amide bonds. The first-order valence-electron chi connectivity index (χ1n) is 22.5. The zero-order valence-corrected chi connectivity index (χ0v) is 42.2. The predicted octanol–water partition coefficient (Wildman–Crippen LogP) is 14.1. The van der Waals surface area contributed by atoms with E-state index >= 15 is 0 Å². The van der Waals surface area contributed by atoms with Gasteiger partial charge in [-0.3, -0.25) is 15.0 Å². The zero-order chi connectivity index (χ0) is 46.0. The van der Waals surface area contributed by atoms with Gasteiger partial charge in [0.25, 0.3) is 0 Å². The van der Waals surface area contributed by atoms with Crippen molar-refractivity contribution in [3.05, 3.63) is 187 Å². The Hall–Kier alpha value is -7.36. The van der Waals surface area contributed by atoms with Gasteiger partial charge >= 0.3 is 0 Å². The summed E-state index contributed by atoms with van der Waals surface area (Å²) in [5.41, 5.74) is 18.1. The Kier molecular flexibility index (Phi) is 11.6. The van der Waals surface area contributed by atoms with E-state index in [0.29, 0.717) is 11.3 Å². The molecule has 10 heteroatoms. The molecule has 0 saturated heterocycles. The van der Waals surface area contributed by atoms with Crippen LogP contribution in [0, 0.1) is 39.8 Å². The van der Waals surface area contributed by atoms with E-state index in [-0.39, 0.29) is 20.1 Å². The van der Waals surface area contributed by atoms with Crippen LogP contribution in [0.15, 0.2) is 161 Å². The van der Waals surface area contributed by atoms with Crippen LogP contribution in [-0.4, -0.2) is 37.6 Å². The summed E-state index contributed by atoms with van der Waals surface area (Å²) in [6, 6.07) is 52.4.